The molecule has 1 aliphatic heterocycles. The van der Waals surface area contributed by atoms with E-state index < -0.39 is 23.4 Å². The van der Waals surface area contributed by atoms with Crippen LogP contribution in [0.1, 0.15) is 24.5 Å². The Morgan fingerprint density at radius 3 is 2.50 bits per heavy atom. The zero-order valence-corrected chi connectivity index (χ0v) is 17.7. The number of carbonyl (C=O) groups excluding carboxylic acids is 3. The highest BCUT2D eigenvalue weighted by Gasteiger charge is 2.51. The van der Waals surface area contributed by atoms with Gasteiger partial charge in [-0.15, -0.1) is 0 Å². The molecule has 4 amide bonds. The number of nitrogens with zero attached hydrogens (tertiary/aromatic N) is 1. The lowest BCUT2D eigenvalue weighted by Crippen LogP contribution is -2.44. The standard InChI is InChI=1S/C20H19BrClN3O3/c1-3-20(13-4-7-15(22)8-5-13)18(27)25(19(28)24-20)11-17(26)23-16-9-6-14(21)10-12(16)2/h4-10H,3,11H2,1-2H3,(H,23,26)(H,24,28). The van der Waals surface area contributed by atoms with E-state index in [1.54, 1.807) is 36.4 Å². The average Bonchev–Trinajstić information content (AvgIpc) is 2.90. The lowest BCUT2D eigenvalue weighted by atomic mass is 9.87. The fourth-order valence-corrected chi connectivity index (χ4v) is 3.85. The Hall–Kier alpha value is -2.38. The molecule has 0 aliphatic carbocycles. The highest BCUT2D eigenvalue weighted by Crippen LogP contribution is 2.33. The van der Waals surface area contributed by atoms with Crippen molar-refractivity contribution in [3.63, 3.8) is 0 Å². The molecule has 0 bridgehead atoms. The van der Waals surface area contributed by atoms with Crippen molar-refractivity contribution in [2.75, 3.05) is 11.9 Å². The zero-order chi connectivity index (χ0) is 20.5. The molecule has 0 aromatic heterocycles. The van der Waals surface area contributed by atoms with Crippen molar-refractivity contribution < 1.29 is 14.4 Å². The van der Waals surface area contributed by atoms with Crippen LogP contribution in [-0.4, -0.2) is 29.3 Å². The Balaban J connectivity index is 1.79. The number of nitrogens with one attached hydrogen (secondary N) is 2. The van der Waals surface area contributed by atoms with Crippen molar-refractivity contribution >= 4 is 51.1 Å². The summed E-state index contributed by atoms with van der Waals surface area (Å²) < 4.78 is 0.896. The van der Waals surface area contributed by atoms with E-state index in [0.29, 0.717) is 22.7 Å². The second kappa shape index (κ2) is 7.93. The number of urea groups is 1. The molecule has 2 aromatic carbocycles. The number of anilines is 1. The van der Waals surface area contributed by atoms with Gasteiger partial charge in [0.05, 0.1) is 0 Å². The molecule has 1 fully saturated rings. The van der Waals surface area contributed by atoms with Crippen LogP contribution in [0.2, 0.25) is 5.02 Å². The summed E-state index contributed by atoms with van der Waals surface area (Å²) in [6.45, 7) is 3.30. The second-order valence-corrected chi connectivity index (χ2v) is 7.95. The average molecular weight is 465 g/mol. The lowest BCUT2D eigenvalue weighted by molar-refractivity contribution is -0.134. The lowest BCUT2D eigenvalue weighted by Gasteiger charge is -2.25. The molecule has 2 N–H and O–H groups in total. The molecule has 0 radical (unpaired) electrons. The number of hydrogen-bond acceptors (Lipinski definition) is 3. The SMILES string of the molecule is CCC1(c2ccc(Cl)cc2)NC(=O)N(CC(=O)Nc2ccc(Br)cc2C)C1=O. The van der Waals surface area contributed by atoms with Crippen molar-refractivity contribution in [3.8, 4) is 0 Å². The van der Waals surface area contributed by atoms with Gasteiger partial charge in [-0.2, -0.15) is 0 Å². The largest absolute Gasteiger partial charge is 0.325 e. The number of imide groups is 1. The molecule has 0 saturated carbocycles. The van der Waals surface area contributed by atoms with Gasteiger partial charge in [0.25, 0.3) is 5.91 Å². The van der Waals surface area contributed by atoms with E-state index >= 15 is 0 Å². The molecule has 1 saturated heterocycles. The van der Waals surface area contributed by atoms with Gasteiger partial charge in [-0.25, -0.2) is 4.79 Å². The molecular weight excluding hydrogens is 446 g/mol. The van der Waals surface area contributed by atoms with Gasteiger partial charge in [0.1, 0.15) is 12.1 Å². The minimum atomic E-state index is -1.20. The molecule has 146 valence electrons. The summed E-state index contributed by atoms with van der Waals surface area (Å²) in [7, 11) is 0. The maximum Gasteiger partial charge on any atom is 0.325 e. The molecule has 6 nitrogen and oxygen atoms in total. The Kier molecular flexibility index (Phi) is 5.76. The van der Waals surface area contributed by atoms with Crippen LogP contribution in [0.15, 0.2) is 46.9 Å². The molecule has 0 spiro atoms. The maximum absolute atomic E-state index is 13.1. The van der Waals surface area contributed by atoms with E-state index in [1.165, 1.54) is 0 Å². The number of rotatable bonds is 5. The van der Waals surface area contributed by atoms with Crippen LogP contribution in [0.5, 0.6) is 0 Å². The van der Waals surface area contributed by atoms with Crippen LogP contribution in [0.4, 0.5) is 10.5 Å². The smallest absolute Gasteiger partial charge is 0.324 e. The molecule has 1 atom stereocenters. The van der Waals surface area contributed by atoms with Gasteiger partial charge in [-0.05, 0) is 54.8 Å². The molecule has 8 heteroatoms. The molecule has 1 aliphatic rings. The summed E-state index contributed by atoms with van der Waals surface area (Å²) in [6.07, 6.45) is 0.350. The summed E-state index contributed by atoms with van der Waals surface area (Å²) in [5.41, 5.74) is 0.920. The second-order valence-electron chi connectivity index (χ2n) is 6.59. The maximum atomic E-state index is 13.1. The number of benzene rings is 2. The highest BCUT2D eigenvalue weighted by atomic mass is 79.9. The van der Waals surface area contributed by atoms with Gasteiger partial charge in [-0.3, -0.25) is 14.5 Å². The first-order valence-corrected chi connectivity index (χ1v) is 9.90. The first-order valence-electron chi connectivity index (χ1n) is 8.73. The molecule has 1 unspecified atom stereocenters. The number of halogens is 2. The highest BCUT2D eigenvalue weighted by molar-refractivity contribution is 9.10. The van der Waals surface area contributed by atoms with E-state index in [1.807, 2.05) is 19.9 Å². The minimum absolute atomic E-state index is 0.350. The van der Waals surface area contributed by atoms with Gasteiger partial charge in [0.2, 0.25) is 5.91 Å². The summed E-state index contributed by atoms with van der Waals surface area (Å²) in [4.78, 5) is 39.0. The summed E-state index contributed by atoms with van der Waals surface area (Å²) in [5.74, 6) is -0.901. The van der Waals surface area contributed by atoms with Gasteiger partial charge < -0.3 is 10.6 Å². The Morgan fingerprint density at radius 1 is 1.21 bits per heavy atom. The zero-order valence-electron chi connectivity index (χ0n) is 15.4. The first-order chi connectivity index (χ1) is 13.3. The third kappa shape index (κ3) is 3.77. The van der Waals surface area contributed by atoms with Gasteiger partial charge in [-0.1, -0.05) is 46.6 Å². The molecule has 28 heavy (non-hydrogen) atoms. The minimum Gasteiger partial charge on any atom is -0.324 e. The molecule has 3 rings (SSSR count). The van der Waals surface area contributed by atoms with Crippen LogP contribution in [0, 0.1) is 6.92 Å². The topological polar surface area (TPSA) is 78.5 Å². The normalized spacial score (nSPS) is 18.9. The van der Waals surface area contributed by atoms with Crippen molar-refractivity contribution in [2.45, 2.75) is 25.8 Å². The van der Waals surface area contributed by atoms with Crippen molar-refractivity contribution in [3.05, 3.63) is 63.1 Å². The Labute approximate surface area is 176 Å². The van der Waals surface area contributed by atoms with Crippen LogP contribution in [0.25, 0.3) is 0 Å². The molecular formula is C20H19BrClN3O3. The van der Waals surface area contributed by atoms with E-state index in [-0.39, 0.29) is 6.54 Å². The number of hydrogen-bond donors (Lipinski definition) is 2. The van der Waals surface area contributed by atoms with Gasteiger partial charge >= 0.3 is 6.03 Å². The van der Waals surface area contributed by atoms with Gasteiger partial charge in [0.15, 0.2) is 0 Å². The summed E-state index contributed by atoms with van der Waals surface area (Å²) in [5, 5.41) is 6.03. The Morgan fingerprint density at radius 2 is 1.89 bits per heavy atom. The third-order valence-corrected chi connectivity index (χ3v) is 5.55. The molecule has 2 aromatic rings. The predicted molar refractivity (Wildman–Crippen MR) is 111 cm³/mol. The first kappa shape index (κ1) is 20.4. The fraction of sp³-hybridized carbons (Fsp3) is 0.250. The summed E-state index contributed by atoms with van der Waals surface area (Å²) >= 11 is 9.30. The van der Waals surface area contributed by atoms with Crippen molar-refractivity contribution in [1.82, 2.24) is 10.2 Å². The van der Waals surface area contributed by atoms with Crippen molar-refractivity contribution in [2.24, 2.45) is 0 Å². The predicted octanol–water partition coefficient (Wildman–Crippen LogP) is 4.21. The monoisotopic (exact) mass is 463 g/mol. The Bertz CT molecular complexity index is 948. The van der Waals surface area contributed by atoms with E-state index in [9.17, 15) is 14.4 Å². The quantitative estimate of drug-likeness (QED) is 0.651. The number of amides is 4. The van der Waals surface area contributed by atoms with E-state index in [0.717, 1.165) is 14.9 Å². The van der Waals surface area contributed by atoms with Crippen molar-refractivity contribution in [1.29, 1.82) is 0 Å². The molecule has 1 heterocycles. The van der Waals surface area contributed by atoms with Crippen LogP contribution in [0.3, 0.4) is 0 Å². The third-order valence-electron chi connectivity index (χ3n) is 4.81. The van der Waals surface area contributed by atoms with Crippen LogP contribution >= 0.6 is 27.5 Å². The van der Waals surface area contributed by atoms with Gasteiger partial charge in [0, 0.05) is 15.2 Å². The van der Waals surface area contributed by atoms with Crippen LogP contribution < -0.4 is 10.6 Å². The van der Waals surface area contributed by atoms with E-state index in [4.69, 9.17) is 11.6 Å². The summed E-state index contributed by atoms with van der Waals surface area (Å²) in [6, 6.07) is 11.6. The number of aryl methyl sites for hydroxylation is 1. The fourth-order valence-electron chi connectivity index (χ4n) is 3.24. The van der Waals surface area contributed by atoms with Crippen LogP contribution in [-0.2, 0) is 15.1 Å². The number of carbonyl (C=O) groups is 3. The van der Waals surface area contributed by atoms with E-state index in [2.05, 4.69) is 26.6 Å².